The number of ether oxygens (including phenoxy) is 2. The van der Waals surface area contributed by atoms with Crippen molar-refractivity contribution in [2.24, 2.45) is 0 Å². The number of likely N-dealkylation sites (tertiary alicyclic amines) is 1. The smallest absolute Gasteiger partial charge is 0.410 e. The quantitative estimate of drug-likeness (QED) is 0.303. The Morgan fingerprint density at radius 3 is 2.52 bits per heavy atom. The molecule has 2 aliphatic rings. The molecule has 0 aliphatic carbocycles. The summed E-state index contributed by atoms with van der Waals surface area (Å²) >= 11 is 6.59. The Morgan fingerprint density at radius 1 is 1.13 bits per heavy atom. The number of nitrogens with zero attached hydrogens (tertiary/aromatic N) is 4. The minimum atomic E-state index is -4.51. The molecule has 13 heteroatoms. The number of nitrogens with one attached hydrogen (secondary N) is 1. The van der Waals surface area contributed by atoms with Crippen LogP contribution >= 0.6 is 11.6 Å². The zero-order chi connectivity index (χ0) is 33.2. The maximum Gasteiger partial charge on any atom is 0.410 e. The van der Waals surface area contributed by atoms with Crippen molar-refractivity contribution in [3.05, 3.63) is 87.9 Å². The average Bonchev–Trinajstić information content (AvgIpc) is 3.60. The molecule has 2 amide bonds. The van der Waals surface area contributed by atoms with Crippen molar-refractivity contribution in [2.75, 3.05) is 38.6 Å². The van der Waals surface area contributed by atoms with Gasteiger partial charge in [0.1, 0.15) is 5.75 Å². The first-order valence-corrected chi connectivity index (χ1v) is 16.7. The number of carbonyl (C=O) groups excluding carboxylic acids is 2. The molecular weight excluding hydrogens is 630 g/mol. The lowest BCUT2D eigenvalue weighted by molar-refractivity contribution is -0.132. The highest BCUT2D eigenvalue weighted by molar-refractivity contribution is 7.93. The van der Waals surface area contributed by atoms with Crippen LogP contribution in [0.3, 0.4) is 0 Å². The third-order valence-electron chi connectivity index (χ3n) is 8.22. The summed E-state index contributed by atoms with van der Waals surface area (Å²) in [4.78, 5) is 31.1. The Hall–Kier alpha value is -4.15. The summed E-state index contributed by atoms with van der Waals surface area (Å²) in [6.07, 6.45) is 0.419. The molecule has 1 N–H and O–H groups in total. The van der Waals surface area contributed by atoms with Crippen LogP contribution in [0.15, 0.2) is 65.6 Å². The molecule has 2 unspecified atom stereocenters. The van der Waals surface area contributed by atoms with E-state index in [0.29, 0.717) is 42.8 Å². The fourth-order valence-electron chi connectivity index (χ4n) is 6.11. The Bertz CT molecular complexity index is 1790. The standard InChI is InChI=1S/C33H36ClN5O6S/c1-5-16-36-21-23-10-15-29(44-4)27(18-23)33(38-17-6-7-30(38)45-32(41)37(2)3)26-19-24(34)11-14-28(26)39(31(33)40)46(42,43)25-12-8-22(20-35)9-13-25/h8-15,18-19,30,36H,5-7,16-17,21H2,1-4H3. The fraction of sp³-hybridized carbons (Fsp3) is 0.364. The van der Waals surface area contributed by atoms with Gasteiger partial charge in [-0.3, -0.25) is 4.79 Å². The van der Waals surface area contributed by atoms with Crippen molar-refractivity contribution in [3.63, 3.8) is 0 Å². The van der Waals surface area contributed by atoms with Gasteiger partial charge in [0, 0.05) is 43.3 Å². The molecule has 3 aromatic rings. The van der Waals surface area contributed by atoms with Crippen LogP contribution in [0, 0.1) is 11.3 Å². The molecule has 5 rings (SSSR count). The number of hydrogen-bond donors (Lipinski definition) is 1. The second kappa shape index (κ2) is 13.3. The highest BCUT2D eigenvalue weighted by atomic mass is 35.5. The van der Waals surface area contributed by atoms with Gasteiger partial charge in [0.2, 0.25) is 0 Å². The number of carbonyl (C=O) groups is 2. The summed E-state index contributed by atoms with van der Waals surface area (Å²) in [5, 5.41) is 12.9. The van der Waals surface area contributed by atoms with Gasteiger partial charge >= 0.3 is 6.09 Å². The van der Waals surface area contributed by atoms with Crippen LogP contribution in [-0.4, -0.2) is 70.7 Å². The van der Waals surface area contributed by atoms with E-state index >= 15 is 4.79 Å². The highest BCUT2D eigenvalue weighted by Crippen LogP contribution is 2.55. The van der Waals surface area contributed by atoms with Gasteiger partial charge in [-0.05, 0) is 86.0 Å². The van der Waals surface area contributed by atoms with Crippen LogP contribution in [-0.2, 0) is 31.6 Å². The van der Waals surface area contributed by atoms with Crippen LogP contribution in [0.1, 0.15) is 48.4 Å². The zero-order valence-electron chi connectivity index (χ0n) is 26.1. The molecule has 3 aromatic carbocycles. The molecule has 0 radical (unpaired) electrons. The number of benzene rings is 3. The summed E-state index contributed by atoms with van der Waals surface area (Å²) < 4.78 is 41.4. The number of sulfonamides is 1. The molecule has 1 saturated heterocycles. The lowest BCUT2D eigenvalue weighted by Crippen LogP contribution is -2.57. The van der Waals surface area contributed by atoms with E-state index in [4.69, 9.17) is 21.1 Å². The molecule has 1 fully saturated rings. The van der Waals surface area contributed by atoms with E-state index in [1.165, 1.54) is 48.4 Å². The SMILES string of the molecule is CCCNCc1ccc(OC)c(C2(N3CCCC3OC(=O)N(C)C)C(=O)N(S(=O)(=O)c3ccc(C#N)cc3)c3ccc(Cl)cc32)c1. The molecule has 2 heterocycles. The molecule has 11 nitrogen and oxygen atoms in total. The largest absolute Gasteiger partial charge is 0.496 e. The number of anilines is 1. The zero-order valence-corrected chi connectivity index (χ0v) is 27.7. The molecule has 46 heavy (non-hydrogen) atoms. The Labute approximate surface area is 274 Å². The normalized spacial score (nSPS) is 19.5. The number of nitriles is 1. The second-order valence-electron chi connectivity index (χ2n) is 11.4. The van der Waals surface area contributed by atoms with Crippen molar-refractivity contribution >= 4 is 39.3 Å². The molecule has 0 spiro atoms. The summed E-state index contributed by atoms with van der Waals surface area (Å²) in [7, 11) is 0.100. The van der Waals surface area contributed by atoms with Crippen molar-refractivity contribution in [1.29, 1.82) is 5.26 Å². The molecule has 0 saturated carbocycles. The van der Waals surface area contributed by atoms with Crippen molar-refractivity contribution in [1.82, 2.24) is 15.1 Å². The van der Waals surface area contributed by atoms with Crippen LogP contribution in [0.5, 0.6) is 5.75 Å². The number of rotatable bonds is 10. The minimum absolute atomic E-state index is 0.111. The molecule has 242 valence electrons. The Morgan fingerprint density at radius 2 is 1.87 bits per heavy atom. The van der Waals surface area contributed by atoms with E-state index in [9.17, 15) is 18.5 Å². The third kappa shape index (κ3) is 5.69. The molecular formula is C33H36ClN5O6S. The number of hydrogen-bond acceptors (Lipinski definition) is 9. The lowest BCUT2D eigenvalue weighted by Gasteiger charge is -2.41. The van der Waals surface area contributed by atoms with Gasteiger partial charge in [-0.15, -0.1) is 0 Å². The van der Waals surface area contributed by atoms with E-state index in [-0.39, 0.29) is 21.2 Å². The molecule has 2 atom stereocenters. The molecule has 0 bridgehead atoms. The summed E-state index contributed by atoms with van der Waals surface area (Å²) in [6, 6.07) is 17.5. The van der Waals surface area contributed by atoms with E-state index in [0.717, 1.165) is 22.8 Å². The summed E-state index contributed by atoms with van der Waals surface area (Å²) in [5.41, 5.74) is 0.111. The van der Waals surface area contributed by atoms with Crippen molar-refractivity contribution < 1.29 is 27.5 Å². The van der Waals surface area contributed by atoms with E-state index in [2.05, 4.69) is 12.2 Å². The summed E-state index contributed by atoms with van der Waals surface area (Å²) in [6.45, 7) is 3.62. The maximum absolute atomic E-state index is 15.3. The number of fused-ring (bicyclic) bond motifs is 1. The van der Waals surface area contributed by atoms with E-state index in [1.807, 2.05) is 18.2 Å². The predicted octanol–water partition coefficient (Wildman–Crippen LogP) is 4.82. The maximum atomic E-state index is 15.3. The first kappa shape index (κ1) is 33.2. The van der Waals surface area contributed by atoms with Gasteiger partial charge in [-0.25, -0.2) is 22.4 Å². The van der Waals surface area contributed by atoms with E-state index < -0.39 is 33.8 Å². The molecule has 2 aliphatic heterocycles. The Kier molecular flexibility index (Phi) is 9.60. The van der Waals surface area contributed by atoms with Gasteiger partial charge < -0.3 is 19.7 Å². The number of amides is 2. The summed E-state index contributed by atoms with van der Waals surface area (Å²) in [5.74, 6) is -0.445. The second-order valence-corrected chi connectivity index (χ2v) is 13.6. The first-order valence-electron chi connectivity index (χ1n) is 14.9. The minimum Gasteiger partial charge on any atom is -0.496 e. The van der Waals surface area contributed by atoms with Gasteiger partial charge in [0.05, 0.1) is 29.3 Å². The first-order chi connectivity index (χ1) is 22.0. The number of halogens is 1. The monoisotopic (exact) mass is 665 g/mol. The van der Waals surface area contributed by atoms with Gasteiger partial charge in [-0.2, -0.15) is 5.26 Å². The average molecular weight is 666 g/mol. The lowest BCUT2D eigenvalue weighted by atomic mass is 9.80. The van der Waals surface area contributed by atoms with Gasteiger partial charge in [-0.1, -0.05) is 24.6 Å². The molecule has 0 aromatic heterocycles. The third-order valence-corrected chi connectivity index (χ3v) is 10.2. The van der Waals surface area contributed by atoms with Crippen molar-refractivity contribution in [3.8, 4) is 11.8 Å². The van der Waals surface area contributed by atoms with Crippen LogP contribution in [0.4, 0.5) is 10.5 Å². The van der Waals surface area contributed by atoms with Gasteiger partial charge in [0.25, 0.3) is 15.9 Å². The van der Waals surface area contributed by atoms with Crippen LogP contribution in [0.2, 0.25) is 5.02 Å². The van der Waals surface area contributed by atoms with Crippen molar-refractivity contribution in [2.45, 2.75) is 49.4 Å². The van der Waals surface area contributed by atoms with Crippen LogP contribution in [0.25, 0.3) is 0 Å². The van der Waals surface area contributed by atoms with Gasteiger partial charge in [0.15, 0.2) is 11.8 Å². The number of methoxy groups -OCH3 is 1. The van der Waals surface area contributed by atoms with Crippen LogP contribution < -0.4 is 14.4 Å². The topological polar surface area (TPSA) is 132 Å². The highest BCUT2D eigenvalue weighted by Gasteiger charge is 2.63. The van der Waals surface area contributed by atoms with E-state index in [1.54, 1.807) is 31.1 Å². The predicted molar refractivity (Wildman–Crippen MR) is 173 cm³/mol. The fourth-order valence-corrected chi connectivity index (χ4v) is 7.74. The Balaban J connectivity index is 1.81.